The van der Waals surface area contributed by atoms with E-state index >= 15 is 4.39 Å². The lowest BCUT2D eigenvalue weighted by Crippen LogP contribution is -2.47. The van der Waals surface area contributed by atoms with Crippen molar-refractivity contribution in [1.29, 1.82) is 0 Å². The normalized spacial score (nSPS) is 16.9. The summed E-state index contributed by atoms with van der Waals surface area (Å²) in [6.07, 6.45) is 3.77. The number of rotatable bonds is 11. The van der Waals surface area contributed by atoms with Crippen LogP contribution in [0.1, 0.15) is 30.8 Å². The summed E-state index contributed by atoms with van der Waals surface area (Å²) in [5.74, 6) is -0.764. The third kappa shape index (κ3) is 8.01. The number of aliphatic carboxylic acids is 1. The molecule has 1 aliphatic rings. The van der Waals surface area contributed by atoms with Crippen molar-refractivity contribution in [3.05, 3.63) is 75.3 Å². The van der Waals surface area contributed by atoms with E-state index in [1.165, 1.54) is 18.5 Å². The topological polar surface area (TPSA) is 107 Å². The molecule has 2 aromatic heterocycles. The molecule has 1 saturated heterocycles. The third-order valence-electron chi connectivity index (χ3n) is 6.69. The molecule has 0 unspecified atom stereocenters. The number of carboxylic acid groups (broad SMARTS) is 1. The Hall–Kier alpha value is -3.57. The van der Waals surface area contributed by atoms with Crippen LogP contribution in [0.15, 0.2) is 63.4 Å². The first-order valence-electron chi connectivity index (χ1n) is 13.0. The number of carbonyl (C=O) groups is 1. The largest absolute Gasteiger partial charge is 0.486 e. The number of allylic oxidation sites excluding steroid dienone is 1. The van der Waals surface area contributed by atoms with E-state index in [9.17, 15) is 4.79 Å². The summed E-state index contributed by atoms with van der Waals surface area (Å²) < 4.78 is 21.3. The van der Waals surface area contributed by atoms with Crippen molar-refractivity contribution in [2.45, 2.75) is 26.5 Å². The fourth-order valence-electron chi connectivity index (χ4n) is 4.64. The van der Waals surface area contributed by atoms with E-state index in [-0.39, 0.29) is 6.54 Å². The van der Waals surface area contributed by atoms with Crippen LogP contribution in [0.4, 0.5) is 4.39 Å². The number of hydrogen-bond donors (Lipinski definition) is 2. The minimum atomic E-state index is -0.818. The molecule has 0 radical (unpaired) electrons. The highest BCUT2D eigenvalue weighted by Gasteiger charge is 2.20. The van der Waals surface area contributed by atoms with E-state index in [0.29, 0.717) is 57.7 Å². The Morgan fingerprint density at radius 2 is 1.98 bits per heavy atom. The van der Waals surface area contributed by atoms with E-state index in [1.807, 2.05) is 11.8 Å². The van der Waals surface area contributed by atoms with E-state index < -0.39 is 17.9 Å². The second-order valence-corrected chi connectivity index (χ2v) is 10.6. The number of nitrogens with one attached hydrogen (secondary N) is 1. The van der Waals surface area contributed by atoms with Gasteiger partial charge in [-0.15, -0.1) is 0 Å². The number of hydrogen-bond acceptors (Lipinski definition) is 7. The standard InChI is InChI=1S/C29H31Cl2FN6O3/c1-18(30)29(24(31)15-33-3)19(2)41-22-6-7-26-23(12-22)27(36-35-26)13-25(32)20-4-5-21(34-14-20)16-37-8-10-38(11-9-37)17-28(39)40/h4-7,12-15,19H,3,8-11,16-17H2,1-2H3,(H,35,36)(H,39,40)/b24-15+,25-13-,29-18+/t19-/m1/s1. The van der Waals surface area contributed by atoms with Gasteiger partial charge in [-0.1, -0.05) is 23.2 Å². The van der Waals surface area contributed by atoms with Gasteiger partial charge in [-0.3, -0.25) is 29.7 Å². The summed E-state index contributed by atoms with van der Waals surface area (Å²) in [4.78, 5) is 23.1. The number of piperazine rings is 1. The summed E-state index contributed by atoms with van der Waals surface area (Å²) in [5, 5.41) is 17.6. The number of fused-ring (bicyclic) bond motifs is 1. The zero-order valence-corrected chi connectivity index (χ0v) is 24.3. The van der Waals surface area contributed by atoms with Gasteiger partial charge in [-0.2, -0.15) is 5.10 Å². The molecule has 216 valence electrons. The maximum atomic E-state index is 15.2. The monoisotopic (exact) mass is 600 g/mol. The lowest BCUT2D eigenvalue weighted by Gasteiger charge is -2.33. The first-order valence-corrected chi connectivity index (χ1v) is 13.7. The number of aliphatic imine (C=N–C) groups is 1. The van der Waals surface area contributed by atoms with Gasteiger partial charge in [-0.25, -0.2) is 4.39 Å². The molecule has 1 aromatic carbocycles. The number of benzene rings is 1. The van der Waals surface area contributed by atoms with Crippen molar-refractivity contribution in [1.82, 2.24) is 25.0 Å². The predicted octanol–water partition coefficient (Wildman–Crippen LogP) is 5.69. The van der Waals surface area contributed by atoms with Crippen LogP contribution in [0.3, 0.4) is 0 Å². The van der Waals surface area contributed by atoms with E-state index in [2.05, 4.69) is 31.8 Å². The average molecular weight is 602 g/mol. The van der Waals surface area contributed by atoms with Crippen LogP contribution < -0.4 is 4.74 Å². The van der Waals surface area contributed by atoms with Gasteiger partial charge in [0.15, 0.2) is 0 Å². The fraction of sp³-hybridized carbons (Fsp3) is 0.310. The molecular formula is C29H31Cl2FN6O3. The van der Waals surface area contributed by atoms with Gasteiger partial charge in [-0.05, 0) is 50.9 Å². The van der Waals surface area contributed by atoms with Crippen LogP contribution in [0.5, 0.6) is 5.75 Å². The van der Waals surface area contributed by atoms with E-state index in [1.54, 1.807) is 37.3 Å². The Morgan fingerprint density at radius 1 is 1.24 bits per heavy atom. The minimum absolute atomic E-state index is 0.0532. The maximum absolute atomic E-state index is 15.2. The minimum Gasteiger partial charge on any atom is -0.486 e. The highest BCUT2D eigenvalue weighted by molar-refractivity contribution is 6.35. The van der Waals surface area contributed by atoms with Crippen LogP contribution in [0.2, 0.25) is 0 Å². The quantitative estimate of drug-likeness (QED) is 0.215. The fourth-order valence-corrected chi connectivity index (χ4v) is 5.31. The van der Waals surface area contributed by atoms with Crippen LogP contribution in [-0.2, 0) is 11.3 Å². The molecule has 0 spiro atoms. The number of aromatic amines is 1. The van der Waals surface area contributed by atoms with Crippen molar-refractivity contribution in [2.24, 2.45) is 4.99 Å². The molecule has 4 rings (SSSR count). The highest BCUT2D eigenvalue weighted by Crippen LogP contribution is 2.30. The number of nitrogens with zero attached hydrogens (tertiary/aromatic N) is 5. The number of H-pyrrole nitrogens is 1. The predicted molar refractivity (Wildman–Crippen MR) is 161 cm³/mol. The molecule has 12 heteroatoms. The molecule has 3 heterocycles. The molecule has 1 fully saturated rings. The summed E-state index contributed by atoms with van der Waals surface area (Å²) >= 11 is 12.6. The Bertz CT molecular complexity index is 1490. The third-order valence-corrected chi connectivity index (χ3v) is 7.19. The van der Waals surface area contributed by atoms with Gasteiger partial charge in [0.1, 0.15) is 17.7 Å². The average Bonchev–Trinajstić information content (AvgIpc) is 3.31. The second kappa shape index (κ2) is 13.9. The van der Waals surface area contributed by atoms with Gasteiger partial charge in [0.2, 0.25) is 0 Å². The Morgan fingerprint density at radius 3 is 2.61 bits per heavy atom. The first kappa shape index (κ1) is 30.4. The maximum Gasteiger partial charge on any atom is 0.317 e. The molecule has 0 saturated carbocycles. The van der Waals surface area contributed by atoms with Gasteiger partial charge < -0.3 is 9.84 Å². The second-order valence-electron chi connectivity index (χ2n) is 9.66. The lowest BCUT2D eigenvalue weighted by molar-refractivity contribution is -0.138. The number of pyridine rings is 1. The van der Waals surface area contributed by atoms with Crippen molar-refractivity contribution >= 4 is 58.7 Å². The van der Waals surface area contributed by atoms with Crippen molar-refractivity contribution in [3.63, 3.8) is 0 Å². The number of ether oxygens (including phenoxy) is 1. The Labute approximate surface area is 247 Å². The van der Waals surface area contributed by atoms with Crippen LogP contribution in [-0.4, -0.2) is 81.6 Å². The van der Waals surface area contributed by atoms with Crippen LogP contribution in [0, 0.1) is 0 Å². The summed E-state index contributed by atoms with van der Waals surface area (Å²) in [5.41, 5.74) is 2.86. The smallest absolute Gasteiger partial charge is 0.317 e. The molecule has 1 atom stereocenters. The highest BCUT2D eigenvalue weighted by atomic mass is 35.5. The molecule has 0 amide bonds. The Balaban J connectivity index is 1.45. The molecule has 3 aromatic rings. The van der Waals surface area contributed by atoms with E-state index in [4.69, 9.17) is 33.0 Å². The summed E-state index contributed by atoms with van der Waals surface area (Å²) in [6.45, 7) is 10.5. The lowest BCUT2D eigenvalue weighted by atomic mass is 10.1. The van der Waals surface area contributed by atoms with Gasteiger partial charge in [0.05, 0.1) is 28.5 Å². The van der Waals surface area contributed by atoms with E-state index in [0.717, 1.165) is 24.3 Å². The molecule has 41 heavy (non-hydrogen) atoms. The molecular weight excluding hydrogens is 570 g/mol. The molecule has 1 aliphatic heterocycles. The number of carboxylic acids is 1. The van der Waals surface area contributed by atoms with Crippen molar-refractivity contribution < 1.29 is 19.0 Å². The van der Waals surface area contributed by atoms with Gasteiger partial charge in [0.25, 0.3) is 0 Å². The first-order chi connectivity index (χ1) is 19.6. The number of aromatic nitrogens is 3. The number of halogens is 3. The van der Waals surface area contributed by atoms with Crippen LogP contribution in [0.25, 0.3) is 22.8 Å². The van der Waals surface area contributed by atoms with Gasteiger partial charge >= 0.3 is 5.97 Å². The molecule has 0 aliphatic carbocycles. The molecule has 0 bridgehead atoms. The zero-order valence-electron chi connectivity index (χ0n) is 22.8. The molecule has 2 N–H and O–H groups in total. The van der Waals surface area contributed by atoms with Gasteiger partial charge in [0, 0.05) is 72.8 Å². The summed E-state index contributed by atoms with van der Waals surface area (Å²) in [7, 11) is 0. The van der Waals surface area contributed by atoms with Crippen molar-refractivity contribution in [3.8, 4) is 5.75 Å². The van der Waals surface area contributed by atoms with Crippen LogP contribution >= 0.6 is 23.2 Å². The molecule has 9 nitrogen and oxygen atoms in total. The van der Waals surface area contributed by atoms with Crippen molar-refractivity contribution in [2.75, 3.05) is 32.7 Å². The zero-order chi connectivity index (χ0) is 29.5. The summed E-state index contributed by atoms with van der Waals surface area (Å²) in [6, 6.07) is 8.85. The SMILES string of the molecule is C=N/C=C(Cl)\C(=C(/C)Cl)[C@@H](C)Oc1ccc2[nH]nc(/C=C(\F)c3ccc(CN4CCN(CC(=O)O)CC4)nc3)c2c1. The Kier molecular flexibility index (Phi) is 10.3.